The number of ether oxygens (including phenoxy) is 1. The predicted molar refractivity (Wildman–Crippen MR) is 121 cm³/mol. The van der Waals surface area contributed by atoms with Crippen molar-refractivity contribution in [2.24, 2.45) is 22.2 Å². The number of halogens is 3. The van der Waals surface area contributed by atoms with Gasteiger partial charge in [0.25, 0.3) is 5.91 Å². The molecule has 0 saturated heterocycles. The molecular formula is C22H24F3N7O3. The summed E-state index contributed by atoms with van der Waals surface area (Å²) in [4.78, 5) is 25.1. The van der Waals surface area contributed by atoms with E-state index in [4.69, 9.17) is 26.4 Å². The Hall–Kier alpha value is -3.87. The topological polar surface area (TPSA) is 168 Å². The summed E-state index contributed by atoms with van der Waals surface area (Å²) in [5, 5.41) is 3.16. The molecule has 1 amide bonds. The number of nitrogens with one attached hydrogen (secondary N) is 1. The fraction of sp³-hybridized carbons (Fsp3) is 0.364. The summed E-state index contributed by atoms with van der Waals surface area (Å²) in [6.07, 6.45) is -3.50. The number of methoxy groups -OCH3 is 1. The molecule has 0 unspecified atom stereocenters. The first-order chi connectivity index (χ1) is 16.5. The van der Waals surface area contributed by atoms with Crippen LogP contribution in [-0.2, 0) is 6.18 Å². The van der Waals surface area contributed by atoms with E-state index in [9.17, 15) is 18.0 Å². The molecule has 1 aromatic carbocycles. The van der Waals surface area contributed by atoms with Crippen molar-refractivity contribution in [2.75, 3.05) is 7.11 Å². The second-order valence-electron chi connectivity index (χ2n) is 8.28. The maximum atomic E-state index is 13.2. The Morgan fingerprint density at radius 1 is 1.23 bits per heavy atom. The molecule has 4 rings (SSSR count). The van der Waals surface area contributed by atoms with Gasteiger partial charge in [0.05, 0.1) is 19.2 Å². The van der Waals surface area contributed by atoms with Gasteiger partial charge in [-0.05, 0) is 44.0 Å². The van der Waals surface area contributed by atoms with Gasteiger partial charge >= 0.3 is 6.18 Å². The van der Waals surface area contributed by atoms with Gasteiger partial charge in [-0.15, -0.1) is 0 Å². The summed E-state index contributed by atoms with van der Waals surface area (Å²) in [6.45, 7) is 1.63. The number of carbonyl (C=O) groups is 1. The Morgan fingerprint density at radius 3 is 2.54 bits per heavy atom. The van der Waals surface area contributed by atoms with Crippen molar-refractivity contribution < 1.29 is 27.1 Å². The monoisotopic (exact) mass is 491 g/mol. The minimum absolute atomic E-state index is 0.0101. The number of pyridine rings is 1. The summed E-state index contributed by atoms with van der Waals surface area (Å²) in [5.74, 6) is -0.198. The number of alkyl halides is 3. The zero-order valence-corrected chi connectivity index (χ0v) is 18.9. The molecule has 1 aliphatic rings. The number of carbonyl (C=O) groups excluding carboxylic acids is 1. The first-order valence-electron chi connectivity index (χ1n) is 10.7. The summed E-state index contributed by atoms with van der Waals surface area (Å²) in [6, 6.07) is 4.26. The van der Waals surface area contributed by atoms with E-state index in [1.807, 2.05) is 0 Å². The third kappa shape index (κ3) is 4.85. The largest absolute Gasteiger partial charge is 0.494 e. The van der Waals surface area contributed by atoms with E-state index in [2.05, 4.69) is 20.3 Å². The highest BCUT2D eigenvalue weighted by molar-refractivity contribution is 5.98. The van der Waals surface area contributed by atoms with Crippen LogP contribution in [0.4, 0.5) is 13.2 Å². The lowest BCUT2D eigenvalue weighted by Crippen LogP contribution is -2.47. The summed E-state index contributed by atoms with van der Waals surface area (Å²) >= 11 is 0. The van der Waals surface area contributed by atoms with Crippen LogP contribution in [0.5, 0.6) is 5.75 Å². The number of nitrogens with zero attached hydrogens (tertiary/aromatic N) is 3. The summed E-state index contributed by atoms with van der Waals surface area (Å²) in [7, 11) is 1.33. The third-order valence-corrected chi connectivity index (χ3v) is 5.62. The highest BCUT2D eigenvalue weighted by atomic mass is 19.4. The van der Waals surface area contributed by atoms with Crippen molar-refractivity contribution in [3.8, 4) is 17.2 Å². The van der Waals surface area contributed by atoms with Gasteiger partial charge < -0.3 is 31.7 Å². The van der Waals surface area contributed by atoms with Gasteiger partial charge in [0.2, 0.25) is 5.89 Å². The Bertz CT molecular complexity index is 1290. The van der Waals surface area contributed by atoms with Crippen molar-refractivity contribution in [3.63, 3.8) is 0 Å². The van der Waals surface area contributed by atoms with Crippen LogP contribution in [0.3, 0.4) is 0 Å². The predicted octanol–water partition coefficient (Wildman–Crippen LogP) is 2.47. The maximum Gasteiger partial charge on any atom is 0.433 e. The van der Waals surface area contributed by atoms with E-state index < -0.39 is 23.8 Å². The van der Waals surface area contributed by atoms with Crippen LogP contribution in [-0.4, -0.2) is 41.0 Å². The number of aliphatic imine (C=N–C) groups is 1. The van der Waals surface area contributed by atoms with E-state index in [0.717, 1.165) is 6.07 Å². The van der Waals surface area contributed by atoms with Crippen LogP contribution in [0.15, 0.2) is 33.7 Å². The first kappa shape index (κ1) is 24.3. The van der Waals surface area contributed by atoms with Crippen molar-refractivity contribution in [1.82, 2.24) is 15.3 Å². The van der Waals surface area contributed by atoms with Crippen LogP contribution in [0.1, 0.15) is 47.7 Å². The molecule has 10 nitrogen and oxygen atoms in total. The quantitative estimate of drug-likeness (QED) is 0.301. The van der Waals surface area contributed by atoms with Crippen LogP contribution in [0.2, 0.25) is 0 Å². The lowest BCUT2D eigenvalue weighted by Gasteiger charge is -2.32. The zero-order valence-electron chi connectivity index (χ0n) is 18.9. The Kier molecular flexibility index (Phi) is 6.28. The van der Waals surface area contributed by atoms with E-state index in [0.29, 0.717) is 23.8 Å². The molecule has 186 valence electrons. The van der Waals surface area contributed by atoms with E-state index in [1.165, 1.54) is 19.2 Å². The summed E-state index contributed by atoms with van der Waals surface area (Å²) in [5.41, 5.74) is 16.0. The molecule has 0 radical (unpaired) electrons. The highest BCUT2D eigenvalue weighted by Crippen LogP contribution is 2.37. The van der Waals surface area contributed by atoms with Crippen molar-refractivity contribution in [1.29, 1.82) is 0 Å². The van der Waals surface area contributed by atoms with Crippen LogP contribution < -0.4 is 27.3 Å². The molecule has 1 aliphatic carbocycles. The van der Waals surface area contributed by atoms with Crippen molar-refractivity contribution >= 4 is 22.8 Å². The average Bonchev–Trinajstić information content (AvgIpc) is 3.21. The van der Waals surface area contributed by atoms with Crippen LogP contribution >= 0.6 is 0 Å². The van der Waals surface area contributed by atoms with Gasteiger partial charge in [-0.3, -0.25) is 9.79 Å². The molecule has 2 heterocycles. The maximum absolute atomic E-state index is 13.2. The van der Waals surface area contributed by atoms with E-state index >= 15 is 0 Å². The molecule has 1 atom stereocenters. The van der Waals surface area contributed by atoms with Gasteiger partial charge in [-0.25, -0.2) is 9.97 Å². The lowest BCUT2D eigenvalue weighted by molar-refractivity contribution is -0.140. The number of hydrogen-bond donors (Lipinski definition) is 4. The first-order valence-corrected chi connectivity index (χ1v) is 10.7. The van der Waals surface area contributed by atoms with E-state index in [-0.39, 0.29) is 46.7 Å². The van der Waals surface area contributed by atoms with E-state index in [1.54, 1.807) is 13.0 Å². The smallest absolute Gasteiger partial charge is 0.433 e. The third-order valence-electron chi connectivity index (χ3n) is 5.62. The molecule has 1 saturated carbocycles. The molecule has 35 heavy (non-hydrogen) atoms. The van der Waals surface area contributed by atoms with Crippen molar-refractivity contribution in [3.05, 3.63) is 41.4 Å². The Balaban J connectivity index is 1.69. The molecule has 0 spiro atoms. The molecule has 0 bridgehead atoms. The fourth-order valence-electron chi connectivity index (χ4n) is 3.90. The second-order valence-corrected chi connectivity index (χ2v) is 8.28. The molecule has 7 N–H and O–H groups in total. The lowest BCUT2D eigenvalue weighted by atomic mass is 9.87. The fourth-order valence-corrected chi connectivity index (χ4v) is 3.90. The number of hydrogen-bond acceptors (Lipinski definition) is 7. The van der Waals surface area contributed by atoms with Gasteiger partial charge in [0.15, 0.2) is 17.4 Å². The zero-order chi connectivity index (χ0) is 25.5. The van der Waals surface area contributed by atoms with Gasteiger partial charge in [-0.1, -0.05) is 0 Å². The van der Waals surface area contributed by atoms with Crippen LogP contribution in [0.25, 0.3) is 22.4 Å². The number of oxazole rings is 1. The minimum Gasteiger partial charge on any atom is -0.494 e. The van der Waals surface area contributed by atoms with Gasteiger partial charge in [0.1, 0.15) is 17.0 Å². The average molecular weight is 491 g/mol. The number of benzene rings is 1. The van der Waals surface area contributed by atoms with Gasteiger partial charge in [-0.2, -0.15) is 13.2 Å². The number of amides is 1. The standard InChI is InChI=1S/C22H24F3N7O3/c1-9(26)18-17(19(33)29-10-7-11(8-10)30-21(27)28)32-20(35-18)13-3-5-14(34-2)16-12(13)4-6-15(31-16)22(23,24)25/h3-6,9-11H,7-8,26H2,1-2H3,(H,29,33)(H4,27,28,30)/t9-,10?,11?/m0/s1. The van der Waals surface area contributed by atoms with Crippen LogP contribution in [0, 0.1) is 0 Å². The molecule has 3 aromatic rings. The number of aromatic nitrogens is 2. The van der Waals surface area contributed by atoms with Crippen molar-refractivity contribution in [2.45, 2.75) is 44.1 Å². The highest BCUT2D eigenvalue weighted by Gasteiger charge is 2.34. The number of guanidine groups is 1. The SMILES string of the molecule is COc1ccc(-c2nc(C(=O)NC3CC(N=C(N)N)C3)c([C@H](C)N)o2)c2ccc(C(F)(F)F)nc12. The number of rotatable bonds is 6. The molecule has 13 heteroatoms. The number of nitrogens with two attached hydrogens (primary N) is 3. The molecule has 1 fully saturated rings. The Labute approximate surface area is 197 Å². The molecule has 0 aliphatic heterocycles. The summed E-state index contributed by atoms with van der Waals surface area (Å²) < 4.78 is 50.7. The second kappa shape index (κ2) is 9.06. The Morgan fingerprint density at radius 2 is 1.94 bits per heavy atom. The number of fused-ring (bicyclic) bond motifs is 1. The molecule has 2 aromatic heterocycles. The molecular weight excluding hydrogens is 467 g/mol. The minimum atomic E-state index is -4.63. The normalized spacial score (nSPS) is 18.6. The van der Waals surface area contributed by atoms with Gasteiger partial charge in [0, 0.05) is 17.0 Å².